The molecule has 3 aromatic rings. The normalized spacial score (nSPS) is 11.8. The van der Waals surface area contributed by atoms with Crippen molar-refractivity contribution in [1.29, 1.82) is 0 Å². The van der Waals surface area contributed by atoms with Gasteiger partial charge in [0.15, 0.2) is 0 Å². The van der Waals surface area contributed by atoms with E-state index in [2.05, 4.69) is 18.8 Å². The van der Waals surface area contributed by atoms with Gasteiger partial charge in [-0.2, -0.15) is 0 Å². The van der Waals surface area contributed by atoms with E-state index in [-0.39, 0.29) is 11.9 Å². The van der Waals surface area contributed by atoms with Crippen molar-refractivity contribution in [2.75, 3.05) is 0 Å². The quantitative estimate of drug-likeness (QED) is 0.509. The number of benzene rings is 2. The van der Waals surface area contributed by atoms with Crippen molar-refractivity contribution in [2.24, 2.45) is 0 Å². The predicted molar refractivity (Wildman–Crippen MR) is 114 cm³/mol. The second kappa shape index (κ2) is 9.51. The zero-order valence-corrected chi connectivity index (χ0v) is 17.4. The van der Waals surface area contributed by atoms with Crippen LogP contribution in [0.15, 0.2) is 60.0 Å². The van der Waals surface area contributed by atoms with Gasteiger partial charge in [-0.1, -0.05) is 43.3 Å². The van der Waals surface area contributed by atoms with Crippen LogP contribution in [-0.4, -0.2) is 21.8 Å². The smallest absolute Gasteiger partial charge is 0.254 e. The molecule has 0 aliphatic rings. The molecule has 1 aromatic heterocycles. The third-order valence-electron chi connectivity index (χ3n) is 4.78. The number of nitrogens with zero attached hydrogens (tertiary/aromatic N) is 2. The second-order valence-corrected chi connectivity index (χ2v) is 7.79. The summed E-state index contributed by atoms with van der Waals surface area (Å²) in [5, 5.41) is 2.93. The highest BCUT2D eigenvalue weighted by Crippen LogP contribution is 2.21. The van der Waals surface area contributed by atoms with Gasteiger partial charge < -0.3 is 9.64 Å². The number of ether oxygens (including phenoxy) is 1. The molecule has 4 nitrogen and oxygen atoms in total. The maximum atomic E-state index is 13.0. The van der Waals surface area contributed by atoms with Crippen LogP contribution in [0.3, 0.4) is 0 Å². The Kier molecular flexibility index (Phi) is 6.82. The summed E-state index contributed by atoms with van der Waals surface area (Å²) in [5.74, 6) is 0.917. The van der Waals surface area contributed by atoms with Crippen LogP contribution in [0.1, 0.15) is 46.9 Å². The number of rotatable bonds is 8. The van der Waals surface area contributed by atoms with E-state index < -0.39 is 0 Å². The Hall–Kier alpha value is -2.66. The first-order valence-corrected chi connectivity index (χ1v) is 10.4. The van der Waals surface area contributed by atoms with Gasteiger partial charge in [-0.25, -0.2) is 4.98 Å². The molecule has 0 saturated heterocycles. The van der Waals surface area contributed by atoms with Crippen LogP contribution in [0, 0.1) is 6.92 Å². The van der Waals surface area contributed by atoms with Gasteiger partial charge in [0, 0.05) is 17.0 Å². The minimum absolute atomic E-state index is 0.0423. The van der Waals surface area contributed by atoms with Crippen LogP contribution in [-0.2, 0) is 13.2 Å². The van der Waals surface area contributed by atoms with Gasteiger partial charge in [0.05, 0.1) is 12.2 Å². The standard InChI is InChI=1S/C23H26N2O2S/c1-4-18(3)25(23(26)19-11-6-5-7-12-19)14-20-16-28-22(24-20)15-27-21-13-9-8-10-17(21)2/h5-13,16,18H,4,14-15H2,1-3H3/t18-/m1/s1. The molecule has 0 spiro atoms. The van der Waals surface area contributed by atoms with Crippen LogP contribution in [0.4, 0.5) is 0 Å². The first-order valence-electron chi connectivity index (χ1n) is 9.56. The van der Waals surface area contributed by atoms with E-state index in [9.17, 15) is 4.79 Å². The fourth-order valence-corrected chi connectivity index (χ4v) is 3.61. The van der Waals surface area contributed by atoms with E-state index in [0.717, 1.165) is 28.4 Å². The van der Waals surface area contributed by atoms with Crippen molar-refractivity contribution in [2.45, 2.75) is 46.4 Å². The van der Waals surface area contributed by atoms with E-state index in [0.29, 0.717) is 18.7 Å². The summed E-state index contributed by atoms with van der Waals surface area (Å²) in [5.41, 5.74) is 2.72. The summed E-state index contributed by atoms with van der Waals surface area (Å²) >= 11 is 1.57. The lowest BCUT2D eigenvalue weighted by Crippen LogP contribution is -2.37. The average Bonchev–Trinajstić information content (AvgIpc) is 3.18. The third-order valence-corrected chi connectivity index (χ3v) is 5.65. The minimum atomic E-state index is 0.0423. The van der Waals surface area contributed by atoms with Crippen LogP contribution < -0.4 is 4.74 Å². The van der Waals surface area contributed by atoms with Gasteiger partial charge in [0.25, 0.3) is 5.91 Å². The molecule has 0 saturated carbocycles. The highest BCUT2D eigenvalue weighted by molar-refractivity contribution is 7.09. The maximum Gasteiger partial charge on any atom is 0.254 e. The molecule has 1 atom stereocenters. The Morgan fingerprint density at radius 3 is 2.57 bits per heavy atom. The van der Waals surface area contributed by atoms with Crippen LogP contribution in [0.2, 0.25) is 0 Å². The molecule has 0 aliphatic heterocycles. The van der Waals surface area contributed by atoms with Gasteiger partial charge in [-0.05, 0) is 44.0 Å². The number of hydrogen-bond donors (Lipinski definition) is 0. The van der Waals surface area contributed by atoms with Crippen LogP contribution in [0.5, 0.6) is 5.75 Å². The summed E-state index contributed by atoms with van der Waals surface area (Å²) in [6, 6.07) is 17.5. The molecule has 0 unspecified atom stereocenters. The zero-order chi connectivity index (χ0) is 19.9. The third kappa shape index (κ3) is 4.98. The van der Waals surface area contributed by atoms with E-state index in [1.54, 1.807) is 11.3 Å². The number of aromatic nitrogens is 1. The van der Waals surface area contributed by atoms with Crippen LogP contribution in [0.25, 0.3) is 0 Å². The molecule has 5 heteroatoms. The fourth-order valence-electron chi connectivity index (χ4n) is 2.91. The summed E-state index contributed by atoms with van der Waals surface area (Å²) in [6.07, 6.45) is 0.895. The molecule has 1 amide bonds. The van der Waals surface area contributed by atoms with Gasteiger partial charge in [0.1, 0.15) is 17.4 Å². The number of amides is 1. The van der Waals surface area contributed by atoms with E-state index in [1.165, 1.54) is 0 Å². The number of carbonyl (C=O) groups is 1. The second-order valence-electron chi connectivity index (χ2n) is 6.84. The number of aryl methyl sites for hydroxylation is 1. The number of para-hydroxylation sites is 1. The first-order chi connectivity index (χ1) is 13.6. The Morgan fingerprint density at radius 2 is 1.86 bits per heavy atom. The predicted octanol–water partition coefficient (Wildman–Crippen LogP) is 5.47. The largest absolute Gasteiger partial charge is 0.486 e. The van der Waals surface area contributed by atoms with Crippen molar-refractivity contribution in [3.63, 3.8) is 0 Å². The molecule has 1 heterocycles. The Morgan fingerprint density at radius 1 is 1.14 bits per heavy atom. The molecule has 28 heavy (non-hydrogen) atoms. The van der Waals surface area contributed by atoms with Crippen molar-refractivity contribution in [3.8, 4) is 5.75 Å². The van der Waals surface area contributed by atoms with Gasteiger partial charge >= 0.3 is 0 Å². The Balaban J connectivity index is 1.68. The topological polar surface area (TPSA) is 42.4 Å². The molecule has 0 bridgehead atoms. The molecule has 146 valence electrons. The number of thiazole rings is 1. The zero-order valence-electron chi connectivity index (χ0n) is 16.6. The molecule has 0 aliphatic carbocycles. The Bertz CT molecular complexity index is 908. The molecule has 0 N–H and O–H groups in total. The highest BCUT2D eigenvalue weighted by Gasteiger charge is 2.21. The lowest BCUT2D eigenvalue weighted by molar-refractivity contribution is 0.0669. The summed E-state index contributed by atoms with van der Waals surface area (Å²) in [4.78, 5) is 19.6. The molecule has 0 fully saturated rings. The SMILES string of the molecule is CC[C@@H](C)N(Cc1csc(COc2ccccc2C)n1)C(=O)c1ccccc1. The molecular weight excluding hydrogens is 368 g/mol. The van der Waals surface area contributed by atoms with Crippen molar-refractivity contribution >= 4 is 17.2 Å². The molecule has 2 aromatic carbocycles. The number of carbonyl (C=O) groups excluding carboxylic acids is 1. The van der Waals surface area contributed by atoms with E-state index >= 15 is 0 Å². The van der Waals surface area contributed by atoms with Crippen LogP contribution >= 0.6 is 11.3 Å². The monoisotopic (exact) mass is 394 g/mol. The van der Waals surface area contributed by atoms with E-state index in [1.807, 2.05) is 71.8 Å². The first kappa shape index (κ1) is 20.1. The minimum Gasteiger partial charge on any atom is -0.486 e. The lowest BCUT2D eigenvalue weighted by atomic mass is 10.1. The molecular formula is C23H26N2O2S. The average molecular weight is 395 g/mol. The Labute approximate surface area is 170 Å². The van der Waals surface area contributed by atoms with Crippen molar-refractivity contribution in [3.05, 3.63) is 81.8 Å². The van der Waals surface area contributed by atoms with Gasteiger partial charge in [-0.3, -0.25) is 4.79 Å². The molecule has 0 radical (unpaired) electrons. The number of hydrogen-bond acceptors (Lipinski definition) is 4. The molecule has 3 rings (SSSR count). The summed E-state index contributed by atoms with van der Waals surface area (Å²) in [6.45, 7) is 7.14. The lowest BCUT2D eigenvalue weighted by Gasteiger charge is -2.28. The van der Waals surface area contributed by atoms with Crippen molar-refractivity contribution in [1.82, 2.24) is 9.88 Å². The fraction of sp³-hybridized carbons (Fsp3) is 0.304. The van der Waals surface area contributed by atoms with Crippen molar-refractivity contribution < 1.29 is 9.53 Å². The summed E-state index contributed by atoms with van der Waals surface area (Å²) < 4.78 is 5.89. The highest BCUT2D eigenvalue weighted by atomic mass is 32.1. The van der Waals surface area contributed by atoms with E-state index in [4.69, 9.17) is 4.74 Å². The van der Waals surface area contributed by atoms with Gasteiger partial charge in [0.2, 0.25) is 0 Å². The van der Waals surface area contributed by atoms with Gasteiger partial charge in [-0.15, -0.1) is 11.3 Å². The summed E-state index contributed by atoms with van der Waals surface area (Å²) in [7, 11) is 0. The maximum absolute atomic E-state index is 13.0.